The Labute approximate surface area is 249 Å². The molecule has 6 rings (SSSR count). The fourth-order valence-electron chi connectivity index (χ4n) is 5.88. The number of para-hydroxylation sites is 1. The summed E-state index contributed by atoms with van der Waals surface area (Å²) < 4.78 is 11.0. The number of nitrogens with one attached hydrogen (secondary N) is 1. The fourth-order valence-corrected chi connectivity index (χ4v) is 5.88. The summed E-state index contributed by atoms with van der Waals surface area (Å²) in [5.41, 5.74) is 2.18. The van der Waals surface area contributed by atoms with E-state index >= 15 is 0 Å². The summed E-state index contributed by atoms with van der Waals surface area (Å²) in [6, 6.07) is 32.4. The third-order valence-corrected chi connectivity index (χ3v) is 7.99. The van der Waals surface area contributed by atoms with Crippen molar-refractivity contribution in [2.24, 2.45) is 11.8 Å². The molecule has 0 spiro atoms. The molecule has 3 amide bonds. The first kappa shape index (κ1) is 27.9. The van der Waals surface area contributed by atoms with Gasteiger partial charge in [0.1, 0.15) is 11.5 Å². The number of carbonyl (C=O) groups is 4. The first-order valence-corrected chi connectivity index (χ1v) is 14.3. The van der Waals surface area contributed by atoms with Crippen molar-refractivity contribution in [2.75, 3.05) is 16.8 Å². The lowest BCUT2D eigenvalue weighted by Crippen LogP contribution is -2.31. The highest BCUT2D eigenvalue weighted by molar-refractivity contribution is 6.22. The van der Waals surface area contributed by atoms with Crippen molar-refractivity contribution in [3.05, 3.63) is 120 Å². The molecule has 0 aromatic heterocycles. The van der Waals surface area contributed by atoms with Crippen molar-refractivity contribution >= 4 is 35.1 Å². The van der Waals surface area contributed by atoms with E-state index in [1.54, 1.807) is 36.4 Å². The first-order chi connectivity index (χ1) is 21.0. The second-order valence-corrected chi connectivity index (χ2v) is 10.8. The molecule has 2 aliphatic rings. The van der Waals surface area contributed by atoms with Crippen LogP contribution in [0.4, 0.5) is 11.4 Å². The van der Waals surface area contributed by atoms with Gasteiger partial charge in [-0.3, -0.25) is 19.3 Å². The van der Waals surface area contributed by atoms with Gasteiger partial charge in [0, 0.05) is 5.69 Å². The lowest BCUT2D eigenvalue weighted by Gasteiger charge is -2.28. The topological polar surface area (TPSA) is 102 Å². The number of ether oxygens (including phenoxy) is 2. The van der Waals surface area contributed by atoms with Crippen LogP contribution in [-0.2, 0) is 19.1 Å². The molecule has 1 aliphatic carbocycles. The van der Waals surface area contributed by atoms with Gasteiger partial charge >= 0.3 is 5.97 Å². The van der Waals surface area contributed by atoms with Crippen molar-refractivity contribution < 1.29 is 28.7 Å². The van der Waals surface area contributed by atoms with Crippen LogP contribution in [0, 0.1) is 11.8 Å². The fraction of sp³-hybridized carbons (Fsp3) is 0.200. The molecule has 8 nitrogen and oxygen atoms in total. The number of esters is 1. The predicted octanol–water partition coefficient (Wildman–Crippen LogP) is 6.35. The lowest BCUT2D eigenvalue weighted by molar-refractivity contribution is -0.122. The van der Waals surface area contributed by atoms with Crippen LogP contribution in [0.25, 0.3) is 0 Å². The molecule has 1 saturated heterocycles. The Balaban J connectivity index is 1.05. The van der Waals surface area contributed by atoms with Crippen LogP contribution in [0.5, 0.6) is 11.5 Å². The molecule has 0 bridgehead atoms. The molecule has 0 unspecified atom stereocenters. The summed E-state index contributed by atoms with van der Waals surface area (Å²) in [5, 5.41) is 2.68. The van der Waals surface area contributed by atoms with Gasteiger partial charge in [0.05, 0.1) is 23.1 Å². The number of benzene rings is 4. The van der Waals surface area contributed by atoms with Crippen molar-refractivity contribution in [2.45, 2.75) is 25.2 Å². The standard InChI is InChI=1S/C35H30N2O6/c38-32(36-26-15-17-29(18-16-26)43-28-12-5-2-6-13-28)22-42-35(41)25-10-7-11-27(20-25)37-33(39)30-19-14-24(21-31(30)34(37)40)23-8-3-1-4-9-23/h1-13,15-18,20,24,30-31H,14,19,21-22H2,(H,36,38)/t24-,30-,31+/m1/s1. The van der Waals surface area contributed by atoms with Crippen molar-refractivity contribution in [3.8, 4) is 11.5 Å². The number of anilines is 2. The van der Waals surface area contributed by atoms with E-state index in [-0.39, 0.29) is 35.1 Å². The number of carbonyl (C=O) groups excluding carboxylic acids is 4. The second-order valence-electron chi connectivity index (χ2n) is 10.8. The van der Waals surface area contributed by atoms with Gasteiger partial charge in [-0.15, -0.1) is 0 Å². The third-order valence-electron chi connectivity index (χ3n) is 7.99. The van der Waals surface area contributed by atoms with E-state index in [4.69, 9.17) is 9.47 Å². The molecule has 8 heteroatoms. The Kier molecular flexibility index (Phi) is 8.00. The van der Waals surface area contributed by atoms with Crippen molar-refractivity contribution in [1.82, 2.24) is 0 Å². The van der Waals surface area contributed by atoms with Gasteiger partial charge in [-0.2, -0.15) is 0 Å². The molecule has 1 N–H and O–H groups in total. The molecule has 1 aliphatic heterocycles. The average molecular weight is 575 g/mol. The third kappa shape index (κ3) is 6.18. The molecule has 1 heterocycles. The van der Waals surface area contributed by atoms with E-state index in [2.05, 4.69) is 17.4 Å². The van der Waals surface area contributed by atoms with E-state index in [0.717, 1.165) is 6.42 Å². The molecule has 43 heavy (non-hydrogen) atoms. The van der Waals surface area contributed by atoms with Gasteiger partial charge in [-0.1, -0.05) is 54.6 Å². The molecule has 4 aromatic carbocycles. The summed E-state index contributed by atoms with van der Waals surface area (Å²) >= 11 is 0. The molecule has 3 atom stereocenters. The second kappa shape index (κ2) is 12.3. The number of fused-ring (bicyclic) bond motifs is 1. The van der Waals surface area contributed by atoms with Crippen LogP contribution in [0.15, 0.2) is 109 Å². The minimum atomic E-state index is -0.732. The maximum Gasteiger partial charge on any atom is 0.338 e. The quantitative estimate of drug-likeness (QED) is 0.194. The number of rotatable bonds is 8. The van der Waals surface area contributed by atoms with Gasteiger partial charge in [-0.05, 0) is 85.3 Å². The van der Waals surface area contributed by atoms with E-state index < -0.39 is 18.5 Å². The zero-order chi connectivity index (χ0) is 29.8. The summed E-state index contributed by atoms with van der Waals surface area (Å²) in [7, 11) is 0. The largest absolute Gasteiger partial charge is 0.457 e. The van der Waals surface area contributed by atoms with Gasteiger partial charge < -0.3 is 14.8 Å². The number of imide groups is 1. The number of nitrogens with zero attached hydrogens (tertiary/aromatic N) is 1. The number of amides is 3. The van der Waals surface area contributed by atoms with Crippen LogP contribution in [0.1, 0.15) is 41.1 Å². The Morgan fingerprint density at radius 3 is 2.16 bits per heavy atom. The van der Waals surface area contributed by atoms with Gasteiger partial charge in [0.2, 0.25) is 11.8 Å². The molecule has 0 radical (unpaired) electrons. The van der Waals surface area contributed by atoms with Gasteiger partial charge in [-0.25, -0.2) is 4.79 Å². The van der Waals surface area contributed by atoms with E-state index in [0.29, 0.717) is 35.7 Å². The lowest BCUT2D eigenvalue weighted by atomic mass is 9.73. The van der Waals surface area contributed by atoms with Crippen molar-refractivity contribution in [1.29, 1.82) is 0 Å². The monoisotopic (exact) mass is 574 g/mol. The molecule has 4 aromatic rings. The highest BCUT2D eigenvalue weighted by atomic mass is 16.5. The minimum Gasteiger partial charge on any atom is -0.457 e. The summed E-state index contributed by atoms with van der Waals surface area (Å²) in [6.07, 6.45) is 2.11. The summed E-state index contributed by atoms with van der Waals surface area (Å²) in [5.74, 6) is -0.910. The van der Waals surface area contributed by atoms with E-state index in [1.807, 2.05) is 48.5 Å². The van der Waals surface area contributed by atoms with Crippen LogP contribution < -0.4 is 15.0 Å². The Morgan fingerprint density at radius 2 is 1.42 bits per heavy atom. The smallest absolute Gasteiger partial charge is 0.338 e. The van der Waals surface area contributed by atoms with Gasteiger partial charge in [0.25, 0.3) is 5.91 Å². The highest BCUT2D eigenvalue weighted by Crippen LogP contribution is 2.45. The average Bonchev–Trinajstić information content (AvgIpc) is 3.30. The van der Waals surface area contributed by atoms with Gasteiger partial charge in [0.15, 0.2) is 6.61 Å². The van der Waals surface area contributed by atoms with E-state index in [1.165, 1.54) is 22.6 Å². The Morgan fingerprint density at radius 1 is 0.744 bits per heavy atom. The Bertz CT molecular complexity index is 1640. The molecule has 1 saturated carbocycles. The highest BCUT2D eigenvalue weighted by Gasteiger charge is 2.50. The molecular weight excluding hydrogens is 544 g/mol. The zero-order valence-electron chi connectivity index (χ0n) is 23.3. The van der Waals surface area contributed by atoms with Crippen LogP contribution in [-0.4, -0.2) is 30.3 Å². The SMILES string of the molecule is O=C(COC(=O)c1cccc(N2C(=O)[C@H]3C[C@H](c4ccccc4)CC[C@H]3C2=O)c1)Nc1ccc(Oc2ccccc2)cc1. The van der Waals surface area contributed by atoms with Crippen LogP contribution >= 0.6 is 0 Å². The number of hydrogen-bond acceptors (Lipinski definition) is 6. The molecule has 2 fully saturated rings. The summed E-state index contributed by atoms with van der Waals surface area (Å²) in [6.45, 7) is -0.502. The normalized spacial score (nSPS) is 19.4. The molecule has 216 valence electrons. The maximum absolute atomic E-state index is 13.4. The zero-order valence-corrected chi connectivity index (χ0v) is 23.3. The van der Waals surface area contributed by atoms with Crippen molar-refractivity contribution in [3.63, 3.8) is 0 Å². The number of hydrogen-bond donors (Lipinski definition) is 1. The van der Waals surface area contributed by atoms with Crippen LogP contribution in [0.3, 0.4) is 0 Å². The Hall–Kier alpha value is -5.24. The summed E-state index contributed by atoms with van der Waals surface area (Å²) in [4.78, 5) is 53.2. The van der Waals surface area contributed by atoms with E-state index in [9.17, 15) is 19.2 Å². The molecular formula is C35H30N2O6. The van der Waals surface area contributed by atoms with Crippen LogP contribution in [0.2, 0.25) is 0 Å². The first-order valence-electron chi connectivity index (χ1n) is 14.3. The maximum atomic E-state index is 13.4. The predicted molar refractivity (Wildman–Crippen MR) is 161 cm³/mol. The minimum absolute atomic E-state index is 0.144.